The third-order valence-electron chi connectivity index (χ3n) is 3.50. The number of carbonyl (C=O) groups is 1. The molecule has 1 heterocycles. The van der Waals surface area contributed by atoms with E-state index in [4.69, 9.17) is 4.74 Å². The maximum absolute atomic E-state index is 13.7. The van der Waals surface area contributed by atoms with Crippen molar-refractivity contribution >= 4 is 5.91 Å². The van der Waals surface area contributed by atoms with Crippen LogP contribution in [0.5, 0.6) is 11.6 Å². The van der Waals surface area contributed by atoms with Gasteiger partial charge < -0.3 is 10.1 Å². The van der Waals surface area contributed by atoms with Crippen LogP contribution in [-0.4, -0.2) is 35.9 Å². The lowest BCUT2D eigenvalue weighted by Crippen LogP contribution is -2.41. The first kappa shape index (κ1) is 16.9. The molecule has 2 rings (SSSR count). The Labute approximate surface area is 135 Å². The van der Waals surface area contributed by atoms with Gasteiger partial charge in [-0.25, -0.2) is 9.37 Å². The second-order valence-electron chi connectivity index (χ2n) is 5.36. The number of carbonyl (C=O) groups excluding carboxylic acids is 1. The molecule has 0 fully saturated rings. The van der Waals surface area contributed by atoms with Crippen LogP contribution in [0, 0.1) is 5.82 Å². The highest BCUT2D eigenvalue weighted by Crippen LogP contribution is 2.25. The minimum absolute atomic E-state index is 0.0976. The molecule has 0 bridgehead atoms. The van der Waals surface area contributed by atoms with Crippen LogP contribution in [0.25, 0.3) is 0 Å². The van der Waals surface area contributed by atoms with E-state index in [0.29, 0.717) is 5.56 Å². The third kappa shape index (κ3) is 4.50. The molecule has 122 valence electrons. The summed E-state index contributed by atoms with van der Waals surface area (Å²) < 4.78 is 19.2. The summed E-state index contributed by atoms with van der Waals surface area (Å²) in [5.41, 5.74) is 0.676. The highest BCUT2D eigenvalue weighted by Gasteiger charge is 2.16. The minimum atomic E-state index is -0.464. The highest BCUT2D eigenvalue weighted by molar-refractivity contribution is 5.81. The van der Waals surface area contributed by atoms with Crippen molar-refractivity contribution in [1.29, 1.82) is 0 Å². The summed E-state index contributed by atoms with van der Waals surface area (Å²) in [6.07, 6.45) is 1.56. The number of para-hydroxylation sites is 1. The lowest BCUT2D eigenvalue weighted by molar-refractivity contribution is -0.125. The van der Waals surface area contributed by atoms with Crippen molar-refractivity contribution in [2.24, 2.45) is 0 Å². The molecule has 1 aromatic heterocycles. The standard InChI is InChI=1S/C17H20FN3O2/c1-12(21(2)3)16(22)20-11-13-7-6-10-19-17(13)23-15-9-5-4-8-14(15)18/h4-10,12H,11H2,1-3H3,(H,20,22). The zero-order valence-corrected chi connectivity index (χ0v) is 13.4. The van der Waals surface area contributed by atoms with Gasteiger partial charge in [0.1, 0.15) is 0 Å². The van der Waals surface area contributed by atoms with Crippen molar-refractivity contribution in [1.82, 2.24) is 15.2 Å². The molecule has 0 saturated carbocycles. The average molecular weight is 317 g/mol. The molecular weight excluding hydrogens is 297 g/mol. The lowest BCUT2D eigenvalue weighted by atomic mass is 10.2. The van der Waals surface area contributed by atoms with Crippen LogP contribution in [0.2, 0.25) is 0 Å². The molecule has 23 heavy (non-hydrogen) atoms. The van der Waals surface area contributed by atoms with Crippen LogP contribution in [-0.2, 0) is 11.3 Å². The van der Waals surface area contributed by atoms with Gasteiger partial charge in [-0.3, -0.25) is 9.69 Å². The number of pyridine rings is 1. The molecule has 0 aliphatic carbocycles. The van der Waals surface area contributed by atoms with Gasteiger partial charge in [-0.15, -0.1) is 0 Å². The van der Waals surface area contributed by atoms with E-state index in [9.17, 15) is 9.18 Å². The fraction of sp³-hybridized carbons (Fsp3) is 0.294. The fourth-order valence-corrected chi connectivity index (χ4v) is 1.85. The molecule has 1 amide bonds. The summed E-state index contributed by atoms with van der Waals surface area (Å²) >= 11 is 0. The molecule has 0 radical (unpaired) electrons. The summed E-state index contributed by atoms with van der Waals surface area (Å²) in [7, 11) is 3.67. The van der Waals surface area contributed by atoms with Crippen LogP contribution < -0.4 is 10.1 Å². The molecule has 6 heteroatoms. The number of hydrogen-bond acceptors (Lipinski definition) is 4. The first-order valence-electron chi connectivity index (χ1n) is 7.29. The Morgan fingerprint density at radius 2 is 2.04 bits per heavy atom. The number of nitrogens with one attached hydrogen (secondary N) is 1. The topological polar surface area (TPSA) is 54.5 Å². The predicted molar refractivity (Wildman–Crippen MR) is 85.7 cm³/mol. The van der Waals surface area contributed by atoms with Crippen LogP contribution in [0.3, 0.4) is 0 Å². The molecule has 1 atom stereocenters. The van der Waals surface area contributed by atoms with Crippen molar-refractivity contribution in [3.05, 3.63) is 54.0 Å². The van der Waals surface area contributed by atoms with Crippen LogP contribution in [0.15, 0.2) is 42.6 Å². The third-order valence-corrected chi connectivity index (χ3v) is 3.50. The maximum atomic E-state index is 13.7. The van der Waals surface area contributed by atoms with Crippen molar-refractivity contribution in [2.45, 2.75) is 19.5 Å². The quantitative estimate of drug-likeness (QED) is 0.890. The lowest BCUT2D eigenvalue weighted by Gasteiger charge is -2.19. The molecular formula is C17H20FN3O2. The van der Waals surface area contributed by atoms with E-state index in [-0.39, 0.29) is 30.1 Å². The molecule has 1 N–H and O–H groups in total. The zero-order chi connectivity index (χ0) is 16.8. The Morgan fingerprint density at radius 1 is 1.30 bits per heavy atom. The summed E-state index contributed by atoms with van der Waals surface area (Å²) in [5.74, 6) is -0.194. The Morgan fingerprint density at radius 3 is 2.74 bits per heavy atom. The first-order chi connectivity index (χ1) is 11.0. The smallest absolute Gasteiger partial charge is 0.237 e. The van der Waals surface area contributed by atoms with E-state index >= 15 is 0 Å². The van der Waals surface area contributed by atoms with Gasteiger partial charge in [0.25, 0.3) is 0 Å². The average Bonchev–Trinajstić information content (AvgIpc) is 2.55. The Balaban J connectivity index is 2.09. The Hall–Kier alpha value is -2.47. The van der Waals surface area contributed by atoms with Crippen molar-refractivity contribution < 1.29 is 13.9 Å². The highest BCUT2D eigenvalue weighted by atomic mass is 19.1. The van der Waals surface area contributed by atoms with Crippen molar-refractivity contribution in [3.8, 4) is 11.6 Å². The molecule has 0 aliphatic rings. The van der Waals surface area contributed by atoms with E-state index in [0.717, 1.165) is 0 Å². The summed E-state index contributed by atoms with van der Waals surface area (Å²) in [5, 5.41) is 2.83. The number of hydrogen-bond donors (Lipinski definition) is 1. The number of rotatable bonds is 6. The zero-order valence-electron chi connectivity index (χ0n) is 13.4. The largest absolute Gasteiger partial charge is 0.436 e. The van der Waals surface area contributed by atoms with Crippen LogP contribution >= 0.6 is 0 Å². The number of benzene rings is 1. The number of ether oxygens (including phenoxy) is 1. The van der Waals surface area contributed by atoms with Gasteiger partial charge in [-0.05, 0) is 39.2 Å². The van der Waals surface area contributed by atoms with Gasteiger partial charge in [-0.1, -0.05) is 18.2 Å². The Kier molecular flexibility index (Phi) is 5.65. The number of likely N-dealkylation sites (N-methyl/N-ethyl adjacent to an activating group) is 1. The summed E-state index contributed by atoms with van der Waals surface area (Å²) in [6, 6.07) is 9.39. The molecule has 0 aliphatic heterocycles. The maximum Gasteiger partial charge on any atom is 0.237 e. The second kappa shape index (κ2) is 7.69. The molecule has 0 spiro atoms. The summed E-state index contributed by atoms with van der Waals surface area (Å²) in [6.45, 7) is 2.07. The number of nitrogens with zero attached hydrogens (tertiary/aromatic N) is 2. The fourth-order valence-electron chi connectivity index (χ4n) is 1.85. The van der Waals surface area contributed by atoms with Gasteiger partial charge in [0.2, 0.25) is 11.8 Å². The van der Waals surface area contributed by atoms with E-state index in [1.807, 2.05) is 25.9 Å². The van der Waals surface area contributed by atoms with E-state index in [2.05, 4.69) is 10.3 Å². The van der Waals surface area contributed by atoms with Gasteiger partial charge in [0, 0.05) is 18.3 Å². The number of amides is 1. The Bertz CT molecular complexity index is 676. The van der Waals surface area contributed by atoms with Gasteiger partial charge in [0.05, 0.1) is 6.04 Å². The SMILES string of the molecule is CC(C(=O)NCc1cccnc1Oc1ccccc1F)N(C)C. The van der Waals surface area contributed by atoms with Gasteiger partial charge in [-0.2, -0.15) is 0 Å². The van der Waals surface area contributed by atoms with E-state index in [1.54, 1.807) is 30.5 Å². The monoisotopic (exact) mass is 317 g/mol. The molecule has 0 saturated heterocycles. The minimum Gasteiger partial charge on any atom is -0.436 e. The molecule has 1 aromatic carbocycles. The molecule has 5 nitrogen and oxygen atoms in total. The predicted octanol–water partition coefficient (Wildman–Crippen LogP) is 2.58. The first-order valence-corrected chi connectivity index (χ1v) is 7.29. The summed E-state index contributed by atoms with van der Waals surface area (Å²) in [4.78, 5) is 17.9. The normalized spacial score (nSPS) is 12.0. The molecule has 2 aromatic rings. The second-order valence-corrected chi connectivity index (χ2v) is 5.36. The molecule has 1 unspecified atom stereocenters. The van der Waals surface area contributed by atoms with Crippen LogP contribution in [0.4, 0.5) is 4.39 Å². The van der Waals surface area contributed by atoms with Gasteiger partial charge >= 0.3 is 0 Å². The number of halogens is 1. The van der Waals surface area contributed by atoms with E-state index < -0.39 is 5.82 Å². The van der Waals surface area contributed by atoms with Crippen LogP contribution in [0.1, 0.15) is 12.5 Å². The number of aromatic nitrogens is 1. The van der Waals surface area contributed by atoms with Crippen molar-refractivity contribution in [3.63, 3.8) is 0 Å². The van der Waals surface area contributed by atoms with Crippen molar-refractivity contribution in [2.75, 3.05) is 14.1 Å². The van der Waals surface area contributed by atoms with E-state index in [1.165, 1.54) is 12.1 Å². The van der Waals surface area contributed by atoms with Gasteiger partial charge in [0.15, 0.2) is 11.6 Å².